The fourth-order valence-electron chi connectivity index (χ4n) is 2.99. The third-order valence-corrected chi connectivity index (χ3v) is 4.65. The Hall–Kier alpha value is -2.37. The van der Waals surface area contributed by atoms with Crippen molar-refractivity contribution in [1.29, 1.82) is 0 Å². The van der Waals surface area contributed by atoms with E-state index in [1.54, 1.807) is 17.0 Å². The van der Waals surface area contributed by atoms with Crippen LogP contribution in [0.5, 0.6) is 0 Å². The van der Waals surface area contributed by atoms with Gasteiger partial charge in [0.05, 0.1) is 12.3 Å². The van der Waals surface area contributed by atoms with Gasteiger partial charge >= 0.3 is 5.97 Å². The molecule has 6 heteroatoms. The van der Waals surface area contributed by atoms with Gasteiger partial charge in [0.25, 0.3) is 0 Å². The summed E-state index contributed by atoms with van der Waals surface area (Å²) in [7, 11) is 0. The average molecular weight is 330 g/mol. The summed E-state index contributed by atoms with van der Waals surface area (Å²) in [5, 5.41) is 12.0. The molecule has 2 aliphatic rings. The lowest BCUT2D eigenvalue weighted by Gasteiger charge is -2.30. The van der Waals surface area contributed by atoms with Gasteiger partial charge in [0.15, 0.2) is 0 Å². The van der Waals surface area contributed by atoms with E-state index in [0.717, 1.165) is 30.5 Å². The normalized spacial score (nSPS) is 20.5. The molecule has 2 fully saturated rings. The second-order valence-corrected chi connectivity index (χ2v) is 6.65. The first-order valence-corrected chi connectivity index (χ1v) is 8.43. The molecule has 1 aliphatic carbocycles. The molecule has 6 nitrogen and oxygen atoms in total. The van der Waals surface area contributed by atoms with Crippen LogP contribution in [0.1, 0.15) is 31.2 Å². The Balaban J connectivity index is 1.54. The molecule has 3 rings (SSSR count). The van der Waals surface area contributed by atoms with E-state index in [2.05, 4.69) is 5.32 Å². The number of amides is 2. The van der Waals surface area contributed by atoms with Crippen LogP contribution < -0.4 is 5.32 Å². The van der Waals surface area contributed by atoms with Gasteiger partial charge in [-0.1, -0.05) is 12.1 Å². The van der Waals surface area contributed by atoms with Gasteiger partial charge in [-0.2, -0.15) is 0 Å². The molecule has 1 atom stereocenters. The molecule has 2 N–H and O–H groups in total. The molecule has 1 aromatic rings. The minimum Gasteiger partial charge on any atom is -0.481 e. The van der Waals surface area contributed by atoms with Crippen molar-refractivity contribution in [2.45, 2.75) is 32.1 Å². The smallest absolute Gasteiger partial charge is 0.308 e. The highest BCUT2D eigenvalue weighted by Gasteiger charge is 2.30. The topological polar surface area (TPSA) is 86.7 Å². The first-order chi connectivity index (χ1) is 11.5. The van der Waals surface area contributed by atoms with Crippen LogP contribution in [0.2, 0.25) is 0 Å². The maximum Gasteiger partial charge on any atom is 0.308 e. The predicted molar refractivity (Wildman–Crippen MR) is 88.4 cm³/mol. The second-order valence-electron chi connectivity index (χ2n) is 6.65. The number of anilines is 1. The summed E-state index contributed by atoms with van der Waals surface area (Å²) in [6.07, 6.45) is 3.55. The highest BCUT2D eigenvalue weighted by Crippen LogP contribution is 2.30. The summed E-state index contributed by atoms with van der Waals surface area (Å²) in [4.78, 5) is 36.8. The number of nitrogens with zero attached hydrogens (tertiary/aromatic N) is 1. The molecular weight excluding hydrogens is 308 g/mol. The lowest BCUT2D eigenvalue weighted by atomic mass is 9.97. The van der Waals surface area contributed by atoms with Gasteiger partial charge in [0.2, 0.25) is 11.8 Å². The van der Waals surface area contributed by atoms with E-state index in [9.17, 15) is 14.4 Å². The number of carbonyl (C=O) groups excluding carboxylic acids is 2. The first-order valence-electron chi connectivity index (χ1n) is 8.43. The minimum absolute atomic E-state index is 0.0456. The van der Waals surface area contributed by atoms with Crippen molar-refractivity contribution in [3.05, 3.63) is 29.8 Å². The van der Waals surface area contributed by atoms with Gasteiger partial charge in [-0.05, 0) is 43.4 Å². The SMILES string of the molecule is O=C(Nc1ccc(CC(=O)N2CCC[C@@H](C(=O)O)C2)cc1)C1CC1. The molecule has 1 saturated carbocycles. The Labute approximate surface area is 140 Å². The van der Waals surface area contributed by atoms with Crippen LogP contribution in [0.4, 0.5) is 5.69 Å². The summed E-state index contributed by atoms with van der Waals surface area (Å²) in [5.74, 6) is -1.11. The highest BCUT2D eigenvalue weighted by atomic mass is 16.4. The van der Waals surface area contributed by atoms with Crippen molar-refractivity contribution in [2.24, 2.45) is 11.8 Å². The molecule has 0 bridgehead atoms. The zero-order valence-electron chi connectivity index (χ0n) is 13.5. The largest absolute Gasteiger partial charge is 0.481 e. The highest BCUT2D eigenvalue weighted by molar-refractivity contribution is 5.94. The zero-order valence-corrected chi connectivity index (χ0v) is 13.5. The number of rotatable bonds is 5. The van der Waals surface area contributed by atoms with Crippen LogP contribution in [0.25, 0.3) is 0 Å². The number of hydrogen-bond donors (Lipinski definition) is 2. The van der Waals surface area contributed by atoms with E-state index in [1.165, 1.54) is 0 Å². The third-order valence-electron chi connectivity index (χ3n) is 4.65. The summed E-state index contributed by atoms with van der Waals surface area (Å²) in [6, 6.07) is 7.27. The minimum atomic E-state index is -0.830. The lowest BCUT2D eigenvalue weighted by molar-refractivity contribution is -0.145. The Kier molecular flexibility index (Phi) is 4.83. The summed E-state index contributed by atoms with van der Waals surface area (Å²) in [5.41, 5.74) is 1.61. The number of hydrogen-bond acceptors (Lipinski definition) is 3. The molecule has 128 valence electrons. The van der Waals surface area contributed by atoms with Crippen LogP contribution in [0, 0.1) is 11.8 Å². The van der Waals surface area contributed by atoms with Crippen LogP contribution in [0.15, 0.2) is 24.3 Å². The number of piperidine rings is 1. The Morgan fingerprint density at radius 3 is 2.42 bits per heavy atom. The molecule has 0 aromatic heterocycles. The van der Waals surface area contributed by atoms with Crippen LogP contribution in [-0.4, -0.2) is 40.9 Å². The average Bonchev–Trinajstić information content (AvgIpc) is 3.41. The molecule has 1 aliphatic heterocycles. The Bertz CT molecular complexity index is 637. The van der Waals surface area contributed by atoms with Crippen LogP contribution >= 0.6 is 0 Å². The summed E-state index contributed by atoms with van der Waals surface area (Å²) in [6.45, 7) is 0.918. The van der Waals surface area contributed by atoms with Crippen LogP contribution in [-0.2, 0) is 20.8 Å². The van der Waals surface area contributed by atoms with Gasteiger partial charge in [0.1, 0.15) is 0 Å². The monoisotopic (exact) mass is 330 g/mol. The number of carboxylic acids is 1. The predicted octanol–water partition coefficient (Wildman–Crippen LogP) is 1.90. The van der Waals surface area contributed by atoms with Gasteiger partial charge in [0, 0.05) is 24.7 Å². The maximum absolute atomic E-state index is 12.4. The van der Waals surface area contributed by atoms with E-state index in [1.807, 2.05) is 12.1 Å². The molecule has 1 aromatic carbocycles. The number of likely N-dealkylation sites (tertiary alicyclic amines) is 1. The standard InChI is InChI=1S/C18H22N2O4/c21-16(20-9-1-2-14(11-20)18(23)24)10-12-3-7-15(8-4-12)19-17(22)13-5-6-13/h3-4,7-8,13-14H,1-2,5-6,9-11H2,(H,19,22)(H,23,24)/t14-/m1/s1. The van der Waals surface area contributed by atoms with Crippen molar-refractivity contribution < 1.29 is 19.5 Å². The van der Waals surface area contributed by atoms with Crippen LogP contribution in [0.3, 0.4) is 0 Å². The fraction of sp³-hybridized carbons (Fsp3) is 0.500. The molecule has 2 amide bonds. The first kappa shape index (κ1) is 16.5. The zero-order chi connectivity index (χ0) is 17.1. The molecule has 0 radical (unpaired) electrons. The number of carboxylic acid groups (broad SMARTS) is 1. The fourth-order valence-corrected chi connectivity index (χ4v) is 2.99. The van der Waals surface area contributed by atoms with Gasteiger partial charge < -0.3 is 15.3 Å². The van der Waals surface area contributed by atoms with Gasteiger partial charge in [-0.3, -0.25) is 14.4 Å². The van der Waals surface area contributed by atoms with Crippen molar-refractivity contribution >= 4 is 23.5 Å². The summed E-state index contributed by atoms with van der Waals surface area (Å²) >= 11 is 0. The van der Waals surface area contributed by atoms with Crippen molar-refractivity contribution in [3.63, 3.8) is 0 Å². The molecule has 24 heavy (non-hydrogen) atoms. The van der Waals surface area contributed by atoms with E-state index < -0.39 is 11.9 Å². The third kappa shape index (κ3) is 4.13. The molecule has 0 spiro atoms. The molecule has 0 unspecified atom stereocenters. The van der Waals surface area contributed by atoms with E-state index in [-0.39, 0.29) is 24.2 Å². The summed E-state index contributed by atoms with van der Waals surface area (Å²) < 4.78 is 0. The Morgan fingerprint density at radius 1 is 1.08 bits per heavy atom. The maximum atomic E-state index is 12.4. The van der Waals surface area contributed by atoms with Crippen molar-refractivity contribution in [2.75, 3.05) is 18.4 Å². The molecule has 1 saturated heterocycles. The Morgan fingerprint density at radius 2 is 1.79 bits per heavy atom. The number of benzene rings is 1. The van der Waals surface area contributed by atoms with E-state index >= 15 is 0 Å². The molecule has 1 heterocycles. The van der Waals surface area contributed by atoms with Crippen molar-refractivity contribution in [3.8, 4) is 0 Å². The van der Waals surface area contributed by atoms with Crippen molar-refractivity contribution in [1.82, 2.24) is 4.90 Å². The molecular formula is C18H22N2O4. The second kappa shape index (κ2) is 7.03. The number of carbonyl (C=O) groups is 3. The number of aliphatic carboxylic acids is 1. The quantitative estimate of drug-likeness (QED) is 0.863. The van der Waals surface area contributed by atoms with E-state index in [4.69, 9.17) is 5.11 Å². The van der Waals surface area contributed by atoms with Gasteiger partial charge in [-0.15, -0.1) is 0 Å². The lowest BCUT2D eigenvalue weighted by Crippen LogP contribution is -2.42. The van der Waals surface area contributed by atoms with Gasteiger partial charge in [-0.25, -0.2) is 0 Å². The van der Waals surface area contributed by atoms with E-state index in [0.29, 0.717) is 19.5 Å². The number of nitrogens with one attached hydrogen (secondary N) is 1.